The van der Waals surface area contributed by atoms with E-state index in [0.717, 1.165) is 4.80 Å². The van der Waals surface area contributed by atoms with E-state index < -0.39 is 17.9 Å². The molecule has 3 aromatic rings. The number of carbonyl (C=O) groups is 2. The van der Waals surface area contributed by atoms with E-state index in [1.807, 2.05) is 0 Å². The highest BCUT2D eigenvalue weighted by atomic mass is 35.5. The van der Waals surface area contributed by atoms with Crippen LogP contribution in [-0.4, -0.2) is 38.7 Å². The molecule has 8 nitrogen and oxygen atoms in total. The number of halogens is 2. The Kier molecular flexibility index (Phi) is 7.37. The summed E-state index contributed by atoms with van der Waals surface area (Å²) in [5, 5.41) is 15.8. The molecule has 1 N–H and O–H groups in total. The lowest BCUT2D eigenvalue weighted by Crippen LogP contribution is -2.34. The molecule has 10 heteroatoms. The van der Waals surface area contributed by atoms with Crippen LogP contribution in [-0.2, 0) is 20.9 Å². The van der Waals surface area contributed by atoms with Gasteiger partial charge < -0.3 is 10.1 Å². The van der Waals surface area contributed by atoms with Crippen molar-refractivity contribution in [1.29, 1.82) is 0 Å². The number of benzene rings is 2. The summed E-state index contributed by atoms with van der Waals surface area (Å²) >= 11 is 12.4. The van der Waals surface area contributed by atoms with Gasteiger partial charge in [0.2, 0.25) is 11.7 Å². The van der Waals surface area contributed by atoms with Crippen molar-refractivity contribution in [2.45, 2.75) is 25.9 Å². The van der Waals surface area contributed by atoms with Gasteiger partial charge in [0.05, 0.1) is 24.1 Å². The van der Waals surface area contributed by atoms with Crippen molar-refractivity contribution in [2.75, 3.05) is 6.61 Å². The maximum Gasteiger partial charge on any atom is 0.308 e. The Morgan fingerprint density at radius 3 is 2.50 bits per heavy atom. The second-order valence-corrected chi connectivity index (χ2v) is 7.09. The molecular formula is C20H19Cl2N5O3. The molecule has 0 saturated carbocycles. The van der Waals surface area contributed by atoms with Crippen LogP contribution < -0.4 is 5.32 Å². The first-order valence-corrected chi connectivity index (χ1v) is 9.95. The van der Waals surface area contributed by atoms with Crippen molar-refractivity contribution < 1.29 is 14.3 Å². The Hall–Kier alpha value is -2.97. The summed E-state index contributed by atoms with van der Waals surface area (Å²) in [6, 6.07) is 13.4. The van der Waals surface area contributed by atoms with Crippen molar-refractivity contribution >= 4 is 35.1 Å². The molecule has 2 aromatic carbocycles. The van der Waals surface area contributed by atoms with Crippen LogP contribution in [0.4, 0.5) is 0 Å². The first kappa shape index (κ1) is 21.7. The number of nitrogens with one attached hydrogen (secondary N) is 1. The molecule has 1 aromatic heterocycles. The fourth-order valence-corrected chi connectivity index (χ4v) is 3.30. The quantitative estimate of drug-likeness (QED) is 0.530. The molecule has 1 amide bonds. The smallest absolute Gasteiger partial charge is 0.308 e. The Morgan fingerprint density at radius 2 is 1.80 bits per heavy atom. The van der Waals surface area contributed by atoms with E-state index in [0.29, 0.717) is 27.0 Å². The van der Waals surface area contributed by atoms with Crippen molar-refractivity contribution in [3.05, 3.63) is 64.1 Å². The number of hydrogen-bond donors (Lipinski definition) is 1. The van der Waals surface area contributed by atoms with Gasteiger partial charge in [0, 0.05) is 10.6 Å². The summed E-state index contributed by atoms with van der Waals surface area (Å²) in [5.41, 5.74) is 1.23. The molecular weight excluding hydrogens is 429 g/mol. The highest BCUT2D eigenvalue weighted by molar-refractivity contribution is 6.33. The molecule has 0 spiro atoms. The molecule has 0 saturated heterocycles. The number of nitrogens with zero attached hydrogens (tertiary/aromatic N) is 4. The minimum atomic E-state index is -0.656. The van der Waals surface area contributed by atoms with E-state index in [-0.39, 0.29) is 19.6 Å². The molecule has 0 radical (unpaired) electrons. The minimum absolute atomic E-state index is 0.0566. The van der Waals surface area contributed by atoms with Gasteiger partial charge in [-0.2, -0.15) is 4.80 Å². The summed E-state index contributed by atoms with van der Waals surface area (Å²) in [6.07, 6.45) is -0.0566. The Labute approximate surface area is 183 Å². The summed E-state index contributed by atoms with van der Waals surface area (Å²) in [6.45, 7) is 1.77. The van der Waals surface area contributed by atoms with Crippen LogP contribution in [0, 0.1) is 0 Å². The molecule has 0 bridgehead atoms. The number of rotatable bonds is 8. The molecule has 1 heterocycles. The van der Waals surface area contributed by atoms with Gasteiger partial charge in [-0.05, 0) is 35.9 Å². The number of hydrogen-bond acceptors (Lipinski definition) is 6. The van der Waals surface area contributed by atoms with E-state index in [9.17, 15) is 9.59 Å². The third-order valence-electron chi connectivity index (χ3n) is 4.14. The lowest BCUT2D eigenvalue weighted by atomic mass is 10.0. The van der Waals surface area contributed by atoms with Crippen molar-refractivity contribution in [3.8, 4) is 11.4 Å². The summed E-state index contributed by atoms with van der Waals surface area (Å²) < 4.78 is 5.01. The average Bonchev–Trinajstić information content (AvgIpc) is 3.16. The van der Waals surface area contributed by atoms with Crippen LogP contribution >= 0.6 is 23.2 Å². The van der Waals surface area contributed by atoms with E-state index in [1.54, 1.807) is 55.5 Å². The summed E-state index contributed by atoms with van der Waals surface area (Å²) in [5.74, 6) is -0.544. The SMILES string of the molecule is CCOC(=O)C[C@H](NC(=O)Cn1nnc(-c2ccccc2Cl)n1)c1ccccc1Cl. The van der Waals surface area contributed by atoms with Crippen LogP contribution in [0.5, 0.6) is 0 Å². The van der Waals surface area contributed by atoms with Gasteiger partial charge in [-0.1, -0.05) is 53.5 Å². The Balaban J connectivity index is 1.72. The van der Waals surface area contributed by atoms with Crippen molar-refractivity contribution in [1.82, 2.24) is 25.5 Å². The predicted molar refractivity (Wildman–Crippen MR) is 112 cm³/mol. The van der Waals surface area contributed by atoms with Gasteiger partial charge in [-0.25, -0.2) is 0 Å². The largest absolute Gasteiger partial charge is 0.466 e. The van der Waals surface area contributed by atoms with Gasteiger partial charge >= 0.3 is 5.97 Å². The summed E-state index contributed by atoms with van der Waals surface area (Å²) in [7, 11) is 0. The lowest BCUT2D eigenvalue weighted by molar-refractivity contribution is -0.143. The molecule has 0 aliphatic heterocycles. The standard InChI is InChI=1S/C20H19Cl2N5O3/c1-2-30-19(29)11-17(13-7-3-5-9-15(13)21)23-18(28)12-27-25-20(24-26-27)14-8-4-6-10-16(14)22/h3-10,17H,2,11-12H2,1H3,(H,23,28)/t17-/m0/s1. The van der Waals surface area contributed by atoms with E-state index in [1.165, 1.54) is 0 Å². The molecule has 30 heavy (non-hydrogen) atoms. The van der Waals surface area contributed by atoms with Gasteiger partial charge in [-0.15, -0.1) is 10.2 Å². The third kappa shape index (κ3) is 5.55. The molecule has 0 unspecified atom stereocenters. The zero-order valence-corrected chi connectivity index (χ0v) is 17.6. The predicted octanol–water partition coefficient (Wildman–Crippen LogP) is 3.46. The minimum Gasteiger partial charge on any atom is -0.466 e. The first-order valence-electron chi connectivity index (χ1n) is 9.20. The fourth-order valence-electron chi connectivity index (χ4n) is 2.81. The zero-order chi connectivity index (χ0) is 21.5. The van der Waals surface area contributed by atoms with Crippen molar-refractivity contribution in [2.24, 2.45) is 0 Å². The Bertz CT molecular complexity index is 1040. The highest BCUT2D eigenvalue weighted by Gasteiger charge is 2.22. The molecule has 156 valence electrons. The van der Waals surface area contributed by atoms with Crippen LogP contribution in [0.1, 0.15) is 24.9 Å². The molecule has 0 aliphatic carbocycles. The number of aromatic nitrogens is 4. The number of ether oxygens (including phenoxy) is 1. The molecule has 0 aliphatic rings. The third-order valence-corrected chi connectivity index (χ3v) is 4.82. The normalized spacial score (nSPS) is 11.7. The Morgan fingerprint density at radius 1 is 1.10 bits per heavy atom. The average molecular weight is 448 g/mol. The highest BCUT2D eigenvalue weighted by Crippen LogP contribution is 2.26. The first-order chi connectivity index (χ1) is 14.5. The second kappa shape index (κ2) is 10.2. The van der Waals surface area contributed by atoms with Crippen LogP contribution in [0.2, 0.25) is 10.0 Å². The number of amides is 1. The van der Waals surface area contributed by atoms with E-state index in [4.69, 9.17) is 27.9 Å². The number of tetrazole rings is 1. The monoisotopic (exact) mass is 447 g/mol. The van der Waals surface area contributed by atoms with Gasteiger partial charge in [0.1, 0.15) is 6.54 Å². The number of esters is 1. The second-order valence-electron chi connectivity index (χ2n) is 6.27. The van der Waals surface area contributed by atoms with E-state index in [2.05, 4.69) is 20.7 Å². The van der Waals surface area contributed by atoms with E-state index >= 15 is 0 Å². The molecule has 3 rings (SSSR count). The van der Waals surface area contributed by atoms with Gasteiger partial charge in [0.25, 0.3) is 0 Å². The topological polar surface area (TPSA) is 99.0 Å². The van der Waals surface area contributed by atoms with Gasteiger partial charge in [-0.3, -0.25) is 9.59 Å². The lowest BCUT2D eigenvalue weighted by Gasteiger charge is -2.19. The van der Waals surface area contributed by atoms with Crippen LogP contribution in [0.25, 0.3) is 11.4 Å². The summed E-state index contributed by atoms with van der Waals surface area (Å²) in [4.78, 5) is 25.8. The molecule has 1 atom stereocenters. The van der Waals surface area contributed by atoms with Crippen molar-refractivity contribution in [3.63, 3.8) is 0 Å². The zero-order valence-electron chi connectivity index (χ0n) is 16.1. The fraction of sp³-hybridized carbons (Fsp3) is 0.250. The maximum atomic E-state index is 12.6. The van der Waals surface area contributed by atoms with Gasteiger partial charge in [0.15, 0.2) is 0 Å². The van der Waals surface area contributed by atoms with Crippen LogP contribution in [0.15, 0.2) is 48.5 Å². The molecule has 0 fully saturated rings. The maximum absolute atomic E-state index is 12.6. The van der Waals surface area contributed by atoms with Crippen LogP contribution in [0.3, 0.4) is 0 Å². The number of carbonyl (C=O) groups excluding carboxylic acids is 2.